The van der Waals surface area contributed by atoms with Crippen LogP contribution in [0.25, 0.3) is 0 Å². The number of hydrogen-bond acceptors (Lipinski definition) is 4. The van der Waals surface area contributed by atoms with Crippen molar-refractivity contribution in [2.45, 2.75) is 31.3 Å². The zero-order valence-electron chi connectivity index (χ0n) is 12.8. The van der Waals surface area contributed by atoms with Crippen LogP contribution in [0.1, 0.15) is 30.9 Å². The van der Waals surface area contributed by atoms with E-state index in [0.29, 0.717) is 24.5 Å². The van der Waals surface area contributed by atoms with Crippen molar-refractivity contribution in [3.05, 3.63) is 34.9 Å². The molecule has 124 valence electrons. The molecule has 4 N–H and O–H groups in total. The molecule has 0 radical (unpaired) electrons. The van der Waals surface area contributed by atoms with E-state index in [1.165, 1.54) is 0 Å². The second kappa shape index (κ2) is 6.86. The van der Waals surface area contributed by atoms with Crippen LogP contribution in [0.5, 0.6) is 0 Å². The fourth-order valence-corrected chi connectivity index (χ4v) is 3.39. The topological polar surface area (TPSA) is 87.5 Å². The summed E-state index contributed by atoms with van der Waals surface area (Å²) in [4.78, 5) is 25.8. The van der Waals surface area contributed by atoms with Crippen LogP contribution in [0.3, 0.4) is 0 Å². The highest BCUT2D eigenvalue weighted by atomic mass is 35.5. The molecule has 0 spiro atoms. The summed E-state index contributed by atoms with van der Waals surface area (Å²) < 4.78 is 0. The van der Waals surface area contributed by atoms with Crippen molar-refractivity contribution in [3.8, 4) is 0 Å². The summed E-state index contributed by atoms with van der Waals surface area (Å²) in [7, 11) is 0. The minimum absolute atomic E-state index is 0.0277. The van der Waals surface area contributed by atoms with Gasteiger partial charge in [0.15, 0.2) is 0 Å². The van der Waals surface area contributed by atoms with E-state index in [2.05, 4.69) is 10.9 Å². The Morgan fingerprint density at radius 1 is 1.22 bits per heavy atom. The number of primary amides is 1. The first-order valence-electron chi connectivity index (χ1n) is 7.89. The van der Waals surface area contributed by atoms with E-state index < -0.39 is 0 Å². The fraction of sp³-hybridized carbons (Fsp3) is 0.500. The van der Waals surface area contributed by atoms with Gasteiger partial charge in [0.1, 0.15) is 6.04 Å². The lowest BCUT2D eigenvalue weighted by Gasteiger charge is -2.32. The van der Waals surface area contributed by atoms with Crippen LogP contribution in [-0.2, 0) is 9.59 Å². The Hall–Kier alpha value is -1.63. The van der Waals surface area contributed by atoms with Gasteiger partial charge < -0.3 is 10.6 Å². The lowest BCUT2D eigenvalue weighted by atomic mass is 9.96. The molecule has 7 heteroatoms. The van der Waals surface area contributed by atoms with Gasteiger partial charge >= 0.3 is 0 Å². The summed E-state index contributed by atoms with van der Waals surface area (Å²) in [5.41, 5.74) is 12.7. The first-order chi connectivity index (χ1) is 11.0. The number of nitrogens with two attached hydrogens (primary N) is 1. The summed E-state index contributed by atoms with van der Waals surface area (Å²) in [5, 5.41) is 0.693. The van der Waals surface area contributed by atoms with Crippen LogP contribution in [0.4, 0.5) is 0 Å². The number of halogens is 1. The molecule has 0 aliphatic carbocycles. The van der Waals surface area contributed by atoms with Crippen molar-refractivity contribution in [1.29, 1.82) is 0 Å². The highest BCUT2D eigenvalue weighted by Gasteiger charge is 2.35. The molecule has 2 amide bonds. The van der Waals surface area contributed by atoms with E-state index in [9.17, 15) is 9.59 Å². The van der Waals surface area contributed by atoms with Crippen LogP contribution in [0, 0.1) is 5.92 Å². The number of hydrogen-bond donors (Lipinski definition) is 3. The van der Waals surface area contributed by atoms with Gasteiger partial charge in [-0.3, -0.25) is 9.59 Å². The smallest absolute Gasteiger partial charge is 0.241 e. The third kappa shape index (κ3) is 3.65. The Bertz CT molecular complexity index is 592. The molecule has 3 atom stereocenters. The van der Waals surface area contributed by atoms with E-state index in [4.69, 9.17) is 17.3 Å². The third-order valence-corrected chi connectivity index (χ3v) is 4.86. The third-order valence-electron chi connectivity index (χ3n) is 4.61. The molecular weight excluding hydrogens is 316 g/mol. The number of carbonyl (C=O) groups excluding carboxylic acids is 2. The molecule has 0 saturated carbocycles. The van der Waals surface area contributed by atoms with Crippen molar-refractivity contribution < 1.29 is 9.59 Å². The first kappa shape index (κ1) is 16.2. The number of likely N-dealkylation sites (tertiary alicyclic amines) is 1. The molecule has 2 saturated heterocycles. The Morgan fingerprint density at radius 3 is 2.65 bits per heavy atom. The zero-order valence-corrected chi connectivity index (χ0v) is 13.6. The lowest BCUT2D eigenvalue weighted by molar-refractivity contribution is -0.136. The van der Waals surface area contributed by atoms with E-state index in [0.717, 1.165) is 18.4 Å². The van der Waals surface area contributed by atoms with Gasteiger partial charge in [0.25, 0.3) is 0 Å². The van der Waals surface area contributed by atoms with Crippen LogP contribution in [-0.4, -0.2) is 35.8 Å². The molecule has 3 rings (SSSR count). The standard InChI is InChI=1S/C16H21ClN4O2/c17-12-5-3-10(4-6-12)13-8-14(20-19-13)16(23)21-7-1-2-11(9-21)15(18)22/h3-6,11,13-14,19-20H,1-2,7-9H2,(H2,18,22). The average molecular weight is 337 g/mol. The Kier molecular flexibility index (Phi) is 4.84. The predicted octanol–water partition coefficient (Wildman–Crippen LogP) is 0.971. The van der Waals surface area contributed by atoms with Gasteiger partial charge in [0, 0.05) is 24.2 Å². The number of carbonyl (C=O) groups is 2. The number of rotatable bonds is 3. The Labute approximate surface area is 140 Å². The van der Waals surface area contributed by atoms with Gasteiger partial charge in [-0.2, -0.15) is 0 Å². The van der Waals surface area contributed by atoms with Crippen molar-refractivity contribution in [1.82, 2.24) is 15.8 Å². The highest BCUT2D eigenvalue weighted by Crippen LogP contribution is 2.25. The SMILES string of the molecule is NC(=O)C1CCCN(C(=O)C2CC(c3ccc(Cl)cc3)NN2)C1. The average Bonchev–Trinajstić information content (AvgIpc) is 3.05. The predicted molar refractivity (Wildman–Crippen MR) is 87.4 cm³/mol. The van der Waals surface area contributed by atoms with E-state index in [1.807, 2.05) is 24.3 Å². The number of hydrazine groups is 1. The molecule has 1 aromatic rings. The monoisotopic (exact) mass is 336 g/mol. The van der Waals surface area contributed by atoms with Gasteiger partial charge in [-0.15, -0.1) is 0 Å². The molecule has 0 bridgehead atoms. The number of benzene rings is 1. The number of piperidine rings is 1. The van der Waals surface area contributed by atoms with Crippen LogP contribution in [0.15, 0.2) is 24.3 Å². The van der Waals surface area contributed by atoms with Gasteiger partial charge in [-0.25, -0.2) is 10.9 Å². The maximum atomic E-state index is 12.6. The molecule has 2 heterocycles. The minimum Gasteiger partial charge on any atom is -0.369 e. The maximum absolute atomic E-state index is 12.6. The van der Waals surface area contributed by atoms with Gasteiger partial charge in [0.2, 0.25) is 11.8 Å². The highest BCUT2D eigenvalue weighted by molar-refractivity contribution is 6.30. The number of nitrogens with one attached hydrogen (secondary N) is 2. The first-order valence-corrected chi connectivity index (χ1v) is 8.27. The fourth-order valence-electron chi connectivity index (χ4n) is 3.26. The molecule has 0 aromatic heterocycles. The normalized spacial score (nSPS) is 27.9. The van der Waals surface area contributed by atoms with E-state index in [-0.39, 0.29) is 29.8 Å². The zero-order chi connectivity index (χ0) is 16.4. The maximum Gasteiger partial charge on any atom is 0.241 e. The van der Waals surface area contributed by atoms with Crippen LogP contribution >= 0.6 is 11.6 Å². The summed E-state index contributed by atoms with van der Waals surface area (Å²) in [5.74, 6) is -0.520. The van der Waals surface area contributed by atoms with Gasteiger partial charge in [0.05, 0.1) is 5.92 Å². The van der Waals surface area contributed by atoms with Gasteiger partial charge in [-0.1, -0.05) is 23.7 Å². The Balaban J connectivity index is 1.61. The molecule has 3 unspecified atom stereocenters. The second-order valence-corrected chi connectivity index (χ2v) is 6.64. The molecular formula is C16H21ClN4O2. The van der Waals surface area contributed by atoms with E-state index in [1.54, 1.807) is 4.90 Å². The summed E-state index contributed by atoms with van der Waals surface area (Å²) in [6, 6.07) is 7.38. The minimum atomic E-state index is -0.320. The summed E-state index contributed by atoms with van der Waals surface area (Å²) >= 11 is 5.90. The van der Waals surface area contributed by atoms with Crippen molar-refractivity contribution >= 4 is 23.4 Å². The summed E-state index contributed by atoms with van der Waals surface area (Å²) in [6.07, 6.45) is 2.25. The van der Waals surface area contributed by atoms with Crippen LogP contribution in [0.2, 0.25) is 5.02 Å². The lowest BCUT2D eigenvalue weighted by Crippen LogP contribution is -2.50. The molecule has 2 fully saturated rings. The largest absolute Gasteiger partial charge is 0.369 e. The molecule has 2 aliphatic rings. The van der Waals surface area contributed by atoms with E-state index >= 15 is 0 Å². The molecule has 23 heavy (non-hydrogen) atoms. The number of nitrogens with zero attached hydrogens (tertiary/aromatic N) is 1. The van der Waals surface area contributed by atoms with Crippen molar-refractivity contribution in [3.63, 3.8) is 0 Å². The van der Waals surface area contributed by atoms with Crippen LogP contribution < -0.4 is 16.6 Å². The van der Waals surface area contributed by atoms with Crippen molar-refractivity contribution in [2.75, 3.05) is 13.1 Å². The quantitative estimate of drug-likeness (QED) is 0.767. The molecule has 2 aliphatic heterocycles. The second-order valence-electron chi connectivity index (χ2n) is 6.21. The van der Waals surface area contributed by atoms with Gasteiger partial charge in [-0.05, 0) is 37.0 Å². The number of amides is 2. The Morgan fingerprint density at radius 2 is 1.96 bits per heavy atom. The van der Waals surface area contributed by atoms with Crippen molar-refractivity contribution in [2.24, 2.45) is 11.7 Å². The molecule has 1 aromatic carbocycles. The molecule has 6 nitrogen and oxygen atoms in total. The summed E-state index contributed by atoms with van der Waals surface area (Å²) in [6.45, 7) is 1.12.